The van der Waals surface area contributed by atoms with Crippen LogP contribution >= 0.6 is 0 Å². The van der Waals surface area contributed by atoms with Gasteiger partial charge in [0.05, 0.1) is 5.39 Å². The summed E-state index contributed by atoms with van der Waals surface area (Å²) in [6.07, 6.45) is 1.83. The van der Waals surface area contributed by atoms with Crippen LogP contribution in [0, 0.1) is 20.8 Å². The Kier molecular flexibility index (Phi) is 2.93. The van der Waals surface area contributed by atoms with Crippen molar-refractivity contribution < 1.29 is 8.83 Å². The number of benzene rings is 1. The van der Waals surface area contributed by atoms with Crippen molar-refractivity contribution in [2.75, 3.05) is 0 Å². The van der Waals surface area contributed by atoms with E-state index in [9.17, 15) is 4.79 Å². The summed E-state index contributed by atoms with van der Waals surface area (Å²) in [6, 6.07) is 3.54. The van der Waals surface area contributed by atoms with Crippen LogP contribution in [0.5, 0.6) is 0 Å². The normalized spacial score (nSPS) is 11.6. The highest BCUT2D eigenvalue weighted by Gasteiger charge is 2.17. The summed E-state index contributed by atoms with van der Waals surface area (Å²) in [6.45, 7) is 8.17. The highest BCUT2D eigenvalue weighted by Crippen LogP contribution is 2.35. The van der Waals surface area contributed by atoms with Gasteiger partial charge in [0.1, 0.15) is 16.9 Å². The van der Waals surface area contributed by atoms with E-state index in [1.807, 2.05) is 19.9 Å². The zero-order valence-electron chi connectivity index (χ0n) is 12.3. The van der Waals surface area contributed by atoms with E-state index in [0.717, 1.165) is 51.6 Å². The average Bonchev–Trinajstić information content (AvgIpc) is 2.65. The van der Waals surface area contributed by atoms with E-state index in [4.69, 9.17) is 8.83 Å². The minimum Gasteiger partial charge on any atom is -0.460 e. The van der Waals surface area contributed by atoms with E-state index in [1.54, 1.807) is 6.07 Å². The van der Waals surface area contributed by atoms with Gasteiger partial charge in [-0.2, -0.15) is 0 Å². The molecule has 104 valence electrons. The van der Waals surface area contributed by atoms with Gasteiger partial charge in [-0.1, -0.05) is 13.3 Å². The van der Waals surface area contributed by atoms with Crippen LogP contribution in [-0.2, 0) is 6.42 Å². The zero-order chi connectivity index (χ0) is 14.4. The molecule has 0 saturated carbocycles. The average molecular weight is 270 g/mol. The summed E-state index contributed by atoms with van der Waals surface area (Å²) >= 11 is 0. The molecule has 0 amide bonds. The van der Waals surface area contributed by atoms with Crippen LogP contribution in [-0.4, -0.2) is 0 Å². The first-order chi connectivity index (χ1) is 9.52. The van der Waals surface area contributed by atoms with Crippen LogP contribution in [0.25, 0.3) is 21.9 Å². The molecule has 0 unspecified atom stereocenters. The van der Waals surface area contributed by atoms with Crippen LogP contribution in [0.1, 0.15) is 35.8 Å². The maximum Gasteiger partial charge on any atom is 0.336 e. The molecule has 3 aromatic rings. The second-order valence-electron chi connectivity index (χ2n) is 5.39. The van der Waals surface area contributed by atoms with Gasteiger partial charge in [0.25, 0.3) is 0 Å². The van der Waals surface area contributed by atoms with Crippen molar-refractivity contribution in [3.63, 3.8) is 0 Å². The van der Waals surface area contributed by atoms with Crippen molar-refractivity contribution in [2.24, 2.45) is 0 Å². The molecule has 0 saturated heterocycles. The highest BCUT2D eigenvalue weighted by molar-refractivity contribution is 6.06. The maximum absolute atomic E-state index is 11.7. The molecule has 0 bridgehead atoms. The molecule has 0 spiro atoms. The number of fused-ring (bicyclic) bond motifs is 3. The molecule has 3 rings (SSSR count). The summed E-state index contributed by atoms with van der Waals surface area (Å²) in [5.41, 5.74) is 4.44. The Morgan fingerprint density at radius 2 is 1.80 bits per heavy atom. The van der Waals surface area contributed by atoms with Crippen molar-refractivity contribution in [3.05, 3.63) is 45.0 Å². The van der Waals surface area contributed by atoms with Crippen LogP contribution in [0.2, 0.25) is 0 Å². The Labute approximate surface area is 117 Å². The molecule has 2 aromatic heterocycles. The van der Waals surface area contributed by atoms with E-state index < -0.39 is 0 Å². The lowest BCUT2D eigenvalue weighted by atomic mass is 9.99. The topological polar surface area (TPSA) is 43.4 Å². The van der Waals surface area contributed by atoms with Gasteiger partial charge in [0.2, 0.25) is 0 Å². The summed E-state index contributed by atoms with van der Waals surface area (Å²) in [5, 5.41) is 2.09. The lowest BCUT2D eigenvalue weighted by molar-refractivity contribution is 0.554. The fourth-order valence-electron chi connectivity index (χ4n) is 2.93. The molecule has 0 aliphatic rings. The summed E-state index contributed by atoms with van der Waals surface area (Å²) in [7, 11) is 0. The Morgan fingerprint density at radius 1 is 1.05 bits per heavy atom. The molecule has 0 aliphatic heterocycles. The molecular weight excluding hydrogens is 252 g/mol. The van der Waals surface area contributed by atoms with Gasteiger partial charge in [0, 0.05) is 11.5 Å². The second kappa shape index (κ2) is 4.51. The first kappa shape index (κ1) is 13.0. The molecule has 2 heterocycles. The van der Waals surface area contributed by atoms with Crippen LogP contribution in [0.3, 0.4) is 0 Å². The Bertz CT molecular complexity index is 865. The van der Waals surface area contributed by atoms with Gasteiger partial charge in [-0.15, -0.1) is 0 Å². The van der Waals surface area contributed by atoms with E-state index in [0.29, 0.717) is 5.58 Å². The lowest BCUT2D eigenvalue weighted by Gasteiger charge is -2.06. The summed E-state index contributed by atoms with van der Waals surface area (Å²) in [5.74, 6) is 0.921. The van der Waals surface area contributed by atoms with Gasteiger partial charge in [-0.05, 0) is 49.9 Å². The van der Waals surface area contributed by atoms with Crippen molar-refractivity contribution in [2.45, 2.75) is 40.5 Å². The minimum atomic E-state index is -0.292. The van der Waals surface area contributed by atoms with E-state index in [2.05, 4.69) is 13.8 Å². The molecule has 0 aliphatic carbocycles. The number of furan rings is 1. The first-order valence-electron chi connectivity index (χ1n) is 6.99. The van der Waals surface area contributed by atoms with Gasteiger partial charge < -0.3 is 8.83 Å². The number of aryl methyl sites for hydroxylation is 4. The van der Waals surface area contributed by atoms with Crippen LogP contribution in [0.4, 0.5) is 0 Å². The first-order valence-corrected chi connectivity index (χ1v) is 6.99. The van der Waals surface area contributed by atoms with Crippen molar-refractivity contribution >= 4 is 21.9 Å². The SMILES string of the molecule is CCCc1cc(=O)oc2cc(C)c3c(C)c(C)oc3c12. The van der Waals surface area contributed by atoms with Crippen molar-refractivity contribution in [1.82, 2.24) is 0 Å². The summed E-state index contributed by atoms with van der Waals surface area (Å²) < 4.78 is 11.3. The van der Waals surface area contributed by atoms with Gasteiger partial charge >= 0.3 is 5.63 Å². The van der Waals surface area contributed by atoms with Crippen molar-refractivity contribution in [1.29, 1.82) is 0 Å². The minimum absolute atomic E-state index is 0.292. The second-order valence-corrected chi connectivity index (χ2v) is 5.39. The highest BCUT2D eigenvalue weighted by atomic mass is 16.4. The van der Waals surface area contributed by atoms with E-state index in [1.165, 1.54) is 0 Å². The molecule has 0 radical (unpaired) electrons. The standard InChI is InChI=1S/C17H18O3/c1-5-6-12-8-14(18)20-13-7-9(2)15-10(3)11(4)19-17(15)16(12)13/h7-8H,5-6H2,1-4H3. The molecule has 1 aromatic carbocycles. The van der Waals surface area contributed by atoms with Gasteiger partial charge in [0.15, 0.2) is 0 Å². The zero-order valence-corrected chi connectivity index (χ0v) is 12.3. The van der Waals surface area contributed by atoms with Gasteiger partial charge in [-0.25, -0.2) is 4.79 Å². The number of rotatable bonds is 2. The summed E-state index contributed by atoms with van der Waals surface area (Å²) in [4.78, 5) is 11.7. The number of hydrogen-bond donors (Lipinski definition) is 0. The lowest BCUT2D eigenvalue weighted by Crippen LogP contribution is -2.01. The fraction of sp³-hybridized carbons (Fsp3) is 0.353. The third kappa shape index (κ3) is 1.77. The monoisotopic (exact) mass is 270 g/mol. The molecule has 20 heavy (non-hydrogen) atoms. The third-order valence-electron chi connectivity index (χ3n) is 3.94. The smallest absolute Gasteiger partial charge is 0.336 e. The van der Waals surface area contributed by atoms with Crippen molar-refractivity contribution in [3.8, 4) is 0 Å². The third-order valence-corrected chi connectivity index (χ3v) is 3.94. The van der Waals surface area contributed by atoms with Crippen LogP contribution in [0.15, 0.2) is 25.8 Å². The molecule has 0 N–H and O–H groups in total. The maximum atomic E-state index is 11.7. The fourth-order valence-corrected chi connectivity index (χ4v) is 2.93. The van der Waals surface area contributed by atoms with E-state index in [-0.39, 0.29) is 5.63 Å². The van der Waals surface area contributed by atoms with E-state index >= 15 is 0 Å². The predicted octanol–water partition coefficient (Wildman–Crippen LogP) is 4.42. The quantitative estimate of drug-likeness (QED) is 0.647. The largest absolute Gasteiger partial charge is 0.460 e. The molecular formula is C17H18O3. The van der Waals surface area contributed by atoms with Gasteiger partial charge in [-0.3, -0.25) is 0 Å². The Balaban J connectivity index is 2.57. The number of hydrogen-bond acceptors (Lipinski definition) is 3. The predicted molar refractivity (Wildman–Crippen MR) is 80.5 cm³/mol. The Morgan fingerprint density at radius 3 is 2.50 bits per heavy atom. The van der Waals surface area contributed by atoms with Crippen LogP contribution < -0.4 is 5.63 Å². The molecule has 3 nitrogen and oxygen atoms in total. The molecule has 0 atom stereocenters. The Hall–Kier alpha value is -2.03. The molecule has 0 fully saturated rings. The molecule has 3 heteroatoms.